The average Bonchev–Trinajstić information content (AvgIpc) is 2.84. The summed E-state index contributed by atoms with van der Waals surface area (Å²) in [6, 6.07) is 14.6. The summed E-state index contributed by atoms with van der Waals surface area (Å²) in [4.78, 5) is 13.8. The van der Waals surface area contributed by atoms with Gasteiger partial charge in [0.2, 0.25) is 0 Å². The molecule has 100 valence electrons. The second kappa shape index (κ2) is 5.02. The van der Waals surface area contributed by atoms with Crippen molar-refractivity contribution in [3.05, 3.63) is 58.7 Å². The summed E-state index contributed by atoms with van der Waals surface area (Å²) in [7, 11) is 0. The van der Waals surface area contributed by atoms with Crippen molar-refractivity contribution < 1.29 is 14.6 Å². The van der Waals surface area contributed by atoms with Crippen molar-refractivity contribution in [1.29, 1.82) is 0 Å². The highest BCUT2D eigenvalue weighted by Crippen LogP contribution is 2.32. The molecule has 5 heteroatoms. The molecule has 0 saturated heterocycles. The van der Waals surface area contributed by atoms with E-state index in [2.05, 4.69) is 20.9 Å². The molecule has 0 aliphatic rings. The van der Waals surface area contributed by atoms with Crippen molar-refractivity contribution in [2.45, 2.75) is 0 Å². The molecule has 0 atom stereocenters. The quantitative estimate of drug-likeness (QED) is 0.746. The molecule has 0 radical (unpaired) electrons. The largest absolute Gasteiger partial charge is 0.477 e. The molecule has 1 heterocycles. The Morgan fingerprint density at radius 2 is 1.85 bits per heavy atom. The SMILES string of the molecule is O=C(O)c1cc2c(Br)cc(Oc3ccccc3)cc2[nH]1. The zero-order valence-corrected chi connectivity index (χ0v) is 11.8. The van der Waals surface area contributed by atoms with Crippen LogP contribution in [-0.4, -0.2) is 16.1 Å². The lowest BCUT2D eigenvalue weighted by molar-refractivity contribution is 0.0691. The Hall–Kier alpha value is -2.27. The maximum absolute atomic E-state index is 11.0. The van der Waals surface area contributed by atoms with Gasteiger partial charge in [0.05, 0.1) is 5.52 Å². The highest BCUT2D eigenvalue weighted by molar-refractivity contribution is 9.10. The van der Waals surface area contributed by atoms with E-state index in [1.165, 1.54) is 0 Å². The summed E-state index contributed by atoms with van der Waals surface area (Å²) in [6.07, 6.45) is 0. The molecule has 0 spiro atoms. The van der Waals surface area contributed by atoms with Crippen LogP contribution in [0.2, 0.25) is 0 Å². The first kappa shape index (κ1) is 12.7. The van der Waals surface area contributed by atoms with E-state index in [1.54, 1.807) is 12.1 Å². The number of aromatic carboxylic acids is 1. The fraction of sp³-hybridized carbons (Fsp3) is 0. The number of ether oxygens (including phenoxy) is 1. The molecule has 1 aromatic heterocycles. The third-order valence-corrected chi connectivity index (χ3v) is 3.53. The number of para-hydroxylation sites is 1. The summed E-state index contributed by atoms with van der Waals surface area (Å²) in [5.74, 6) is 0.372. The van der Waals surface area contributed by atoms with Crippen molar-refractivity contribution in [2.75, 3.05) is 0 Å². The molecule has 0 bridgehead atoms. The zero-order chi connectivity index (χ0) is 14.1. The number of carboxylic acid groups (broad SMARTS) is 1. The minimum atomic E-state index is -0.987. The smallest absolute Gasteiger partial charge is 0.352 e. The molecule has 20 heavy (non-hydrogen) atoms. The number of aromatic amines is 1. The lowest BCUT2D eigenvalue weighted by Crippen LogP contribution is -1.94. The van der Waals surface area contributed by atoms with Crippen LogP contribution in [0.25, 0.3) is 10.9 Å². The number of nitrogens with one attached hydrogen (secondary N) is 1. The number of benzene rings is 2. The summed E-state index contributed by atoms with van der Waals surface area (Å²) in [5, 5.41) is 9.81. The van der Waals surface area contributed by atoms with Crippen LogP contribution in [0.1, 0.15) is 10.5 Å². The van der Waals surface area contributed by atoms with Crippen molar-refractivity contribution in [2.24, 2.45) is 0 Å². The first-order chi connectivity index (χ1) is 9.63. The highest BCUT2D eigenvalue weighted by atomic mass is 79.9. The van der Waals surface area contributed by atoms with E-state index >= 15 is 0 Å². The molecular weight excluding hydrogens is 322 g/mol. The Morgan fingerprint density at radius 3 is 2.55 bits per heavy atom. The molecule has 2 aromatic carbocycles. The normalized spacial score (nSPS) is 10.7. The Morgan fingerprint density at radius 1 is 1.10 bits per heavy atom. The van der Waals surface area contributed by atoms with E-state index in [1.807, 2.05) is 36.4 Å². The number of carboxylic acids is 1. The van der Waals surface area contributed by atoms with Crippen LogP contribution < -0.4 is 4.74 Å². The Balaban J connectivity index is 2.03. The molecule has 2 N–H and O–H groups in total. The number of hydrogen-bond acceptors (Lipinski definition) is 2. The molecule has 3 rings (SSSR count). The molecule has 4 nitrogen and oxygen atoms in total. The maximum atomic E-state index is 11.0. The average molecular weight is 332 g/mol. The van der Waals surface area contributed by atoms with Gasteiger partial charge in [-0.05, 0) is 40.2 Å². The van der Waals surface area contributed by atoms with Crippen molar-refractivity contribution >= 4 is 32.8 Å². The molecule has 0 aliphatic heterocycles. The van der Waals surface area contributed by atoms with Crippen molar-refractivity contribution in [1.82, 2.24) is 4.98 Å². The number of hydrogen-bond donors (Lipinski definition) is 2. The lowest BCUT2D eigenvalue weighted by Gasteiger charge is -2.06. The topological polar surface area (TPSA) is 62.3 Å². The molecule has 0 fully saturated rings. The molecule has 0 amide bonds. The fourth-order valence-corrected chi connectivity index (χ4v) is 2.52. The first-order valence-electron chi connectivity index (χ1n) is 5.92. The molecule has 0 saturated carbocycles. The van der Waals surface area contributed by atoms with Crippen LogP contribution in [0.3, 0.4) is 0 Å². The van der Waals surface area contributed by atoms with Gasteiger partial charge in [-0.15, -0.1) is 0 Å². The predicted molar refractivity (Wildman–Crippen MR) is 79.5 cm³/mol. The van der Waals surface area contributed by atoms with Gasteiger partial charge in [0.15, 0.2) is 0 Å². The van der Waals surface area contributed by atoms with Crippen molar-refractivity contribution in [3.8, 4) is 11.5 Å². The van der Waals surface area contributed by atoms with Gasteiger partial charge in [0.25, 0.3) is 0 Å². The monoisotopic (exact) mass is 331 g/mol. The Kier molecular flexibility index (Phi) is 3.20. The van der Waals surface area contributed by atoms with Gasteiger partial charge in [-0.25, -0.2) is 4.79 Å². The van der Waals surface area contributed by atoms with Gasteiger partial charge in [0.1, 0.15) is 17.2 Å². The van der Waals surface area contributed by atoms with E-state index in [9.17, 15) is 4.79 Å². The molecule has 0 aliphatic carbocycles. The van der Waals surface area contributed by atoms with Crippen LogP contribution in [0, 0.1) is 0 Å². The highest BCUT2D eigenvalue weighted by Gasteiger charge is 2.11. The van der Waals surface area contributed by atoms with Crippen LogP contribution in [-0.2, 0) is 0 Å². The number of halogens is 1. The number of aromatic nitrogens is 1. The second-order valence-corrected chi connectivity index (χ2v) is 5.12. The first-order valence-corrected chi connectivity index (χ1v) is 6.71. The molecular formula is C15H10BrNO3. The van der Waals surface area contributed by atoms with Crippen molar-refractivity contribution in [3.63, 3.8) is 0 Å². The molecule has 3 aromatic rings. The maximum Gasteiger partial charge on any atom is 0.352 e. The van der Waals surface area contributed by atoms with Crippen LogP contribution in [0.4, 0.5) is 0 Å². The van der Waals surface area contributed by atoms with E-state index in [0.29, 0.717) is 11.3 Å². The minimum absolute atomic E-state index is 0.151. The van der Waals surface area contributed by atoms with E-state index in [-0.39, 0.29) is 5.69 Å². The zero-order valence-electron chi connectivity index (χ0n) is 10.3. The standard InChI is InChI=1S/C15H10BrNO3/c16-12-6-10(20-9-4-2-1-3-5-9)7-13-11(12)8-14(17-13)15(18)19/h1-8,17H,(H,18,19). The summed E-state index contributed by atoms with van der Waals surface area (Å²) < 4.78 is 6.52. The van der Waals surface area contributed by atoms with Gasteiger partial charge in [0, 0.05) is 15.9 Å². The lowest BCUT2D eigenvalue weighted by atomic mass is 10.2. The van der Waals surface area contributed by atoms with E-state index in [4.69, 9.17) is 9.84 Å². The third-order valence-electron chi connectivity index (χ3n) is 2.87. The van der Waals surface area contributed by atoms with Crippen LogP contribution in [0.15, 0.2) is 53.0 Å². The second-order valence-electron chi connectivity index (χ2n) is 4.27. The van der Waals surface area contributed by atoms with Gasteiger partial charge in [-0.3, -0.25) is 0 Å². The third kappa shape index (κ3) is 2.40. The summed E-state index contributed by atoms with van der Waals surface area (Å²) >= 11 is 3.43. The number of H-pyrrole nitrogens is 1. The number of carbonyl (C=O) groups is 1. The van der Waals surface area contributed by atoms with Crippen LogP contribution in [0.5, 0.6) is 11.5 Å². The molecule has 0 unspecified atom stereocenters. The summed E-state index contributed by atoms with van der Waals surface area (Å²) in [5.41, 5.74) is 0.861. The fourth-order valence-electron chi connectivity index (χ4n) is 1.97. The summed E-state index contributed by atoms with van der Waals surface area (Å²) in [6.45, 7) is 0. The predicted octanol–water partition coefficient (Wildman–Crippen LogP) is 4.42. The minimum Gasteiger partial charge on any atom is -0.477 e. The Labute approximate surface area is 123 Å². The van der Waals surface area contributed by atoms with Gasteiger partial charge < -0.3 is 14.8 Å². The van der Waals surface area contributed by atoms with Crippen LogP contribution >= 0.6 is 15.9 Å². The van der Waals surface area contributed by atoms with E-state index < -0.39 is 5.97 Å². The number of fused-ring (bicyclic) bond motifs is 1. The van der Waals surface area contributed by atoms with Gasteiger partial charge in [-0.1, -0.05) is 18.2 Å². The van der Waals surface area contributed by atoms with Gasteiger partial charge in [-0.2, -0.15) is 0 Å². The van der Waals surface area contributed by atoms with E-state index in [0.717, 1.165) is 15.6 Å². The number of rotatable bonds is 3. The Bertz CT molecular complexity index is 780. The van der Waals surface area contributed by atoms with Gasteiger partial charge >= 0.3 is 5.97 Å².